The van der Waals surface area contributed by atoms with Crippen LogP contribution in [0.4, 0.5) is 10.8 Å². The number of anilines is 1. The first-order valence-corrected chi connectivity index (χ1v) is 9.24. The van der Waals surface area contributed by atoms with Crippen LogP contribution in [0.1, 0.15) is 42.1 Å². The summed E-state index contributed by atoms with van der Waals surface area (Å²) in [6.07, 6.45) is 1.04. The van der Waals surface area contributed by atoms with Crippen molar-refractivity contribution in [1.82, 2.24) is 4.98 Å². The summed E-state index contributed by atoms with van der Waals surface area (Å²) >= 11 is 7.37. The molecule has 0 saturated carbocycles. The maximum absolute atomic E-state index is 12.5. The number of thiazole rings is 1. The number of nitrogens with zero attached hydrogens (tertiary/aromatic N) is 2. The molecule has 3 aromatic rings. The van der Waals surface area contributed by atoms with E-state index in [-0.39, 0.29) is 16.3 Å². The first-order chi connectivity index (χ1) is 12.4. The van der Waals surface area contributed by atoms with Gasteiger partial charge in [-0.05, 0) is 36.1 Å². The van der Waals surface area contributed by atoms with Crippen molar-refractivity contribution in [2.24, 2.45) is 0 Å². The Balaban J connectivity index is 1.88. The molecular weight excluding hydrogens is 374 g/mol. The number of rotatable bonds is 5. The zero-order chi connectivity index (χ0) is 18.8. The summed E-state index contributed by atoms with van der Waals surface area (Å²) in [6, 6.07) is 9.81. The third-order valence-corrected chi connectivity index (χ3v) is 5.48. The Bertz CT molecular complexity index is 1000. The number of fused-ring (bicyclic) bond motifs is 1. The second kappa shape index (κ2) is 7.39. The standard InChI is InChI=1S/C18H16ClN3O3S/c1-3-10(2)11-4-7-15-16(8-11)26-18(20-15)21-17(23)13-9-12(22(24)25)5-6-14(13)19/h4-10H,3H2,1-2H3,(H,20,21,23). The van der Waals surface area contributed by atoms with E-state index < -0.39 is 10.8 Å². The maximum atomic E-state index is 12.5. The van der Waals surface area contributed by atoms with Gasteiger partial charge in [0.25, 0.3) is 11.6 Å². The van der Waals surface area contributed by atoms with Gasteiger partial charge in [0.15, 0.2) is 5.13 Å². The summed E-state index contributed by atoms with van der Waals surface area (Å²) < 4.78 is 0.975. The SMILES string of the molecule is CCC(C)c1ccc2nc(NC(=O)c3cc([N+](=O)[O-])ccc3Cl)sc2c1. The third kappa shape index (κ3) is 3.68. The number of non-ortho nitro benzene ring substituents is 1. The van der Waals surface area contributed by atoms with Crippen molar-refractivity contribution in [3.8, 4) is 0 Å². The molecule has 0 aliphatic rings. The zero-order valence-electron chi connectivity index (χ0n) is 14.2. The van der Waals surface area contributed by atoms with Crippen molar-refractivity contribution in [1.29, 1.82) is 0 Å². The van der Waals surface area contributed by atoms with E-state index in [0.717, 1.165) is 22.7 Å². The zero-order valence-corrected chi connectivity index (χ0v) is 15.7. The average Bonchev–Trinajstić information content (AvgIpc) is 3.02. The number of aromatic nitrogens is 1. The Morgan fingerprint density at radius 1 is 1.35 bits per heavy atom. The number of nitrogens with one attached hydrogen (secondary N) is 1. The smallest absolute Gasteiger partial charge is 0.270 e. The number of hydrogen-bond acceptors (Lipinski definition) is 5. The summed E-state index contributed by atoms with van der Waals surface area (Å²) in [5.41, 5.74) is 1.87. The Hall–Kier alpha value is -2.51. The number of halogens is 1. The molecule has 0 aliphatic carbocycles. The van der Waals surface area contributed by atoms with E-state index in [9.17, 15) is 14.9 Å². The van der Waals surface area contributed by atoms with Crippen molar-refractivity contribution in [3.05, 3.63) is 62.7 Å². The lowest BCUT2D eigenvalue weighted by Gasteiger charge is -2.07. The number of nitro benzene ring substituents is 1. The van der Waals surface area contributed by atoms with Crippen molar-refractivity contribution in [3.63, 3.8) is 0 Å². The van der Waals surface area contributed by atoms with Gasteiger partial charge >= 0.3 is 0 Å². The lowest BCUT2D eigenvalue weighted by molar-refractivity contribution is -0.384. The molecule has 1 heterocycles. The Morgan fingerprint density at radius 2 is 2.12 bits per heavy atom. The average molecular weight is 390 g/mol. The van der Waals surface area contributed by atoms with E-state index in [1.807, 2.05) is 12.1 Å². The summed E-state index contributed by atoms with van der Waals surface area (Å²) in [4.78, 5) is 27.2. The number of carbonyl (C=O) groups excluding carboxylic acids is 1. The van der Waals surface area contributed by atoms with Gasteiger partial charge in [0.2, 0.25) is 0 Å². The van der Waals surface area contributed by atoms with E-state index in [0.29, 0.717) is 11.0 Å². The monoisotopic (exact) mass is 389 g/mol. The summed E-state index contributed by atoms with van der Waals surface area (Å²) in [7, 11) is 0. The van der Waals surface area contributed by atoms with E-state index in [1.165, 1.54) is 29.0 Å². The van der Waals surface area contributed by atoms with Gasteiger partial charge in [-0.1, -0.05) is 42.9 Å². The van der Waals surface area contributed by atoms with Crippen LogP contribution in [-0.4, -0.2) is 15.8 Å². The maximum Gasteiger partial charge on any atom is 0.270 e. The number of hydrogen-bond donors (Lipinski definition) is 1. The molecule has 0 spiro atoms. The van der Waals surface area contributed by atoms with Crippen LogP contribution in [0.15, 0.2) is 36.4 Å². The fraction of sp³-hybridized carbons (Fsp3) is 0.222. The van der Waals surface area contributed by atoms with Crippen LogP contribution >= 0.6 is 22.9 Å². The first kappa shape index (κ1) is 18.3. The quantitative estimate of drug-likeness (QED) is 0.453. The molecule has 0 fully saturated rings. The van der Waals surface area contributed by atoms with Crippen LogP contribution < -0.4 is 5.32 Å². The molecule has 0 bridgehead atoms. The summed E-state index contributed by atoms with van der Waals surface area (Å²) in [5, 5.41) is 14.1. The summed E-state index contributed by atoms with van der Waals surface area (Å²) in [6.45, 7) is 4.30. The molecule has 6 nitrogen and oxygen atoms in total. The minimum atomic E-state index is -0.568. The lowest BCUT2D eigenvalue weighted by atomic mass is 9.99. The largest absolute Gasteiger partial charge is 0.298 e. The predicted octanol–water partition coefficient (Wildman–Crippen LogP) is 5.62. The molecule has 0 radical (unpaired) electrons. The molecular formula is C18H16ClN3O3S. The Morgan fingerprint density at radius 3 is 2.81 bits per heavy atom. The highest BCUT2D eigenvalue weighted by Crippen LogP contribution is 2.31. The fourth-order valence-corrected chi connectivity index (χ4v) is 3.61. The van der Waals surface area contributed by atoms with Gasteiger partial charge in [-0.15, -0.1) is 0 Å². The van der Waals surface area contributed by atoms with E-state index in [1.54, 1.807) is 0 Å². The minimum Gasteiger partial charge on any atom is -0.298 e. The topological polar surface area (TPSA) is 85.1 Å². The van der Waals surface area contributed by atoms with Gasteiger partial charge in [-0.25, -0.2) is 4.98 Å². The molecule has 1 amide bonds. The van der Waals surface area contributed by atoms with Crippen LogP contribution in [0, 0.1) is 10.1 Å². The highest BCUT2D eigenvalue weighted by Gasteiger charge is 2.17. The molecule has 0 saturated heterocycles. The number of nitro groups is 1. The highest BCUT2D eigenvalue weighted by atomic mass is 35.5. The molecule has 26 heavy (non-hydrogen) atoms. The number of carbonyl (C=O) groups is 1. The van der Waals surface area contributed by atoms with Gasteiger partial charge in [-0.2, -0.15) is 0 Å². The van der Waals surface area contributed by atoms with Gasteiger partial charge in [0.05, 0.1) is 25.7 Å². The molecule has 0 aliphatic heterocycles. The molecule has 134 valence electrons. The molecule has 8 heteroatoms. The number of amides is 1. The van der Waals surface area contributed by atoms with Crippen LogP contribution in [0.2, 0.25) is 5.02 Å². The molecule has 1 unspecified atom stereocenters. The van der Waals surface area contributed by atoms with E-state index >= 15 is 0 Å². The molecule has 1 aromatic heterocycles. The van der Waals surface area contributed by atoms with Crippen LogP contribution in [0.5, 0.6) is 0 Å². The van der Waals surface area contributed by atoms with Crippen LogP contribution in [0.25, 0.3) is 10.2 Å². The fourth-order valence-electron chi connectivity index (χ4n) is 2.50. The minimum absolute atomic E-state index is 0.0421. The normalized spacial score (nSPS) is 12.1. The number of benzene rings is 2. The van der Waals surface area contributed by atoms with Gasteiger partial charge in [0.1, 0.15) is 0 Å². The van der Waals surface area contributed by atoms with Crippen molar-refractivity contribution in [2.45, 2.75) is 26.2 Å². The molecule has 2 aromatic carbocycles. The highest BCUT2D eigenvalue weighted by molar-refractivity contribution is 7.22. The van der Waals surface area contributed by atoms with Gasteiger partial charge in [0, 0.05) is 12.1 Å². The lowest BCUT2D eigenvalue weighted by Crippen LogP contribution is -2.12. The molecule has 3 rings (SSSR count). The van der Waals surface area contributed by atoms with Crippen LogP contribution in [-0.2, 0) is 0 Å². The van der Waals surface area contributed by atoms with Gasteiger partial charge in [-0.3, -0.25) is 20.2 Å². The first-order valence-electron chi connectivity index (χ1n) is 8.04. The van der Waals surface area contributed by atoms with Crippen molar-refractivity contribution in [2.75, 3.05) is 5.32 Å². The van der Waals surface area contributed by atoms with Crippen molar-refractivity contribution >= 4 is 49.9 Å². The van der Waals surface area contributed by atoms with E-state index in [2.05, 4.69) is 30.2 Å². The second-order valence-corrected chi connectivity index (χ2v) is 7.37. The predicted molar refractivity (Wildman–Crippen MR) is 104 cm³/mol. The van der Waals surface area contributed by atoms with Crippen molar-refractivity contribution < 1.29 is 9.72 Å². The van der Waals surface area contributed by atoms with E-state index in [4.69, 9.17) is 11.6 Å². The second-order valence-electron chi connectivity index (χ2n) is 5.93. The van der Waals surface area contributed by atoms with Gasteiger partial charge < -0.3 is 0 Å². The Kier molecular flexibility index (Phi) is 5.20. The Labute approximate surface area is 159 Å². The third-order valence-electron chi connectivity index (χ3n) is 4.22. The molecule has 1 atom stereocenters. The van der Waals surface area contributed by atoms with Crippen LogP contribution in [0.3, 0.4) is 0 Å². The summed E-state index contributed by atoms with van der Waals surface area (Å²) in [5.74, 6) is -0.0804. The molecule has 1 N–H and O–H groups in total.